The fourth-order valence-corrected chi connectivity index (χ4v) is 1.91. The number of rotatable bonds is 4. The highest BCUT2D eigenvalue weighted by atomic mass is 16.3. The molecule has 4 heteroatoms. The molecule has 0 saturated carbocycles. The quantitative estimate of drug-likeness (QED) is 0.785. The molecule has 0 saturated heterocycles. The molecule has 17 heavy (non-hydrogen) atoms. The molecule has 0 unspecified atom stereocenters. The summed E-state index contributed by atoms with van der Waals surface area (Å²) in [4.78, 5) is 6.43. The van der Waals surface area contributed by atoms with Gasteiger partial charge in [-0.15, -0.1) is 0 Å². The van der Waals surface area contributed by atoms with Crippen LogP contribution < -0.4 is 10.6 Å². The average molecular weight is 231 g/mol. The van der Waals surface area contributed by atoms with Crippen molar-refractivity contribution < 1.29 is 5.11 Å². The van der Waals surface area contributed by atoms with Crippen LogP contribution >= 0.6 is 0 Å². The zero-order valence-corrected chi connectivity index (χ0v) is 9.93. The molecule has 0 fully saturated rings. The summed E-state index contributed by atoms with van der Waals surface area (Å²) < 4.78 is 0. The SMILES string of the molecule is CN(CCCO)c1ccnc2cc(N)ccc12. The largest absolute Gasteiger partial charge is 0.399 e. The second-order valence-corrected chi connectivity index (χ2v) is 4.11. The highest BCUT2D eigenvalue weighted by molar-refractivity contribution is 5.93. The molecule has 0 aliphatic carbocycles. The van der Waals surface area contributed by atoms with Crippen LogP contribution in [0.3, 0.4) is 0 Å². The van der Waals surface area contributed by atoms with Crippen LogP contribution in [0.5, 0.6) is 0 Å². The smallest absolute Gasteiger partial charge is 0.0743 e. The van der Waals surface area contributed by atoms with Crippen LogP contribution in [-0.2, 0) is 0 Å². The summed E-state index contributed by atoms with van der Waals surface area (Å²) in [5.41, 5.74) is 8.48. The minimum absolute atomic E-state index is 0.209. The average Bonchev–Trinajstić information content (AvgIpc) is 2.34. The predicted molar refractivity (Wildman–Crippen MR) is 71.1 cm³/mol. The van der Waals surface area contributed by atoms with Crippen LogP contribution in [0, 0.1) is 0 Å². The van der Waals surface area contributed by atoms with E-state index in [1.54, 1.807) is 6.20 Å². The van der Waals surface area contributed by atoms with E-state index in [0.717, 1.165) is 35.2 Å². The lowest BCUT2D eigenvalue weighted by atomic mass is 10.1. The molecule has 0 bridgehead atoms. The van der Waals surface area contributed by atoms with E-state index in [0.29, 0.717) is 0 Å². The second kappa shape index (κ2) is 5.01. The van der Waals surface area contributed by atoms with Gasteiger partial charge in [-0.05, 0) is 30.7 Å². The monoisotopic (exact) mass is 231 g/mol. The summed E-state index contributed by atoms with van der Waals surface area (Å²) in [7, 11) is 2.01. The lowest BCUT2D eigenvalue weighted by molar-refractivity contribution is 0.290. The van der Waals surface area contributed by atoms with Crippen LogP contribution in [0.2, 0.25) is 0 Å². The summed E-state index contributed by atoms with van der Waals surface area (Å²) >= 11 is 0. The molecule has 4 nitrogen and oxygen atoms in total. The van der Waals surface area contributed by atoms with Gasteiger partial charge in [-0.1, -0.05) is 0 Å². The Morgan fingerprint density at radius 3 is 2.94 bits per heavy atom. The third kappa shape index (κ3) is 2.47. The van der Waals surface area contributed by atoms with Gasteiger partial charge in [-0.2, -0.15) is 0 Å². The van der Waals surface area contributed by atoms with Crippen molar-refractivity contribution in [3.8, 4) is 0 Å². The lowest BCUT2D eigenvalue weighted by Crippen LogP contribution is -2.19. The van der Waals surface area contributed by atoms with Crippen LogP contribution in [0.15, 0.2) is 30.5 Å². The van der Waals surface area contributed by atoms with Crippen LogP contribution in [0.4, 0.5) is 11.4 Å². The molecular weight excluding hydrogens is 214 g/mol. The molecule has 2 aromatic rings. The Labute approximate surface area is 101 Å². The number of benzene rings is 1. The second-order valence-electron chi connectivity index (χ2n) is 4.11. The maximum Gasteiger partial charge on any atom is 0.0743 e. The molecule has 0 radical (unpaired) electrons. The number of aromatic nitrogens is 1. The lowest BCUT2D eigenvalue weighted by Gasteiger charge is -2.20. The van der Waals surface area contributed by atoms with Gasteiger partial charge < -0.3 is 15.7 Å². The number of pyridine rings is 1. The summed E-state index contributed by atoms with van der Waals surface area (Å²) in [6, 6.07) is 7.73. The van der Waals surface area contributed by atoms with E-state index >= 15 is 0 Å². The number of hydrogen-bond donors (Lipinski definition) is 2. The molecule has 2 rings (SSSR count). The van der Waals surface area contributed by atoms with Crippen molar-refractivity contribution in [2.45, 2.75) is 6.42 Å². The summed E-state index contributed by atoms with van der Waals surface area (Å²) in [5.74, 6) is 0. The summed E-state index contributed by atoms with van der Waals surface area (Å²) in [6.45, 7) is 1.03. The molecule has 1 aromatic carbocycles. The topological polar surface area (TPSA) is 62.4 Å². The standard InChI is InChI=1S/C13H17N3O/c1-16(7-2-8-17)13-5-6-15-12-9-10(14)3-4-11(12)13/h3-6,9,17H,2,7-8,14H2,1H3. The van der Waals surface area contributed by atoms with Gasteiger partial charge in [-0.3, -0.25) is 4.98 Å². The van der Waals surface area contributed by atoms with Crippen molar-refractivity contribution >= 4 is 22.3 Å². The highest BCUT2D eigenvalue weighted by Crippen LogP contribution is 2.25. The van der Waals surface area contributed by atoms with Crippen molar-refractivity contribution in [3.63, 3.8) is 0 Å². The molecule has 90 valence electrons. The van der Waals surface area contributed by atoms with E-state index in [1.807, 2.05) is 31.3 Å². The van der Waals surface area contributed by atoms with Gasteiger partial charge in [0.2, 0.25) is 0 Å². The zero-order chi connectivity index (χ0) is 12.3. The number of fused-ring (bicyclic) bond motifs is 1. The number of nitrogens with two attached hydrogens (primary N) is 1. The molecule has 0 amide bonds. The van der Waals surface area contributed by atoms with Crippen molar-refractivity contribution in [2.24, 2.45) is 0 Å². The van der Waals surface area contributed by atoms with Gasteiger partial charge in [-0.25, -0.2) is 0 Å². The number of aliphatic hydroxyl groups is 1. The fraction of sp³-hybridized carbons (Fsp3) is 0.308. The van der Waals surface area contributed by atoms with Gasteiger partial charge >= 0.3 is 0 Å². The molecule has 0 aliphatic rings. The van der Waals surface area contributed by atoms with Crippen molar-refractivity contribution in [1.29, 1.82) is 0 Å². The zero-order valence-electron chi connectivity index (χ0n) is 9.93. The van der Waals surface area contributed by atoms with Crippen molar-refractivity contribution in [1.82, 2.24) is 4.98 Å². The van der Waals surface area contributed by atoms with Crippen LogP contribution in [0.1, 0.15) is 6.42 Å². The number of nitrogens with zero attached hydrogens (tertiary/aromatic N) is 2. The molecule has 0 atom stereocenters. The molecule has 1 heterocycles. The van der Waals surface area contributed by atoms with E-state index in [-0.39, 0.29) is 6.61 Å². The van der Waals surface area contributed by atoms with Gasteiger partial charge in [0.05, 0.1) is 5.52 Å². The summed E-state index contributed by atoms with van der Waals surface area (Å²) in [6.07, 6.45) is 2.54. The van der Waals surface area contributed by atoms with Crippen LogP contribution in [0.25, 0.3) is 10.9 Å². The first-order valence-corrected chi connectivity index (χ1v) is 5.68. The normalized spacial score (nSPS) is 10.7. The van der Waals surface area contributed by atoms with Gasteiger partial charge in [0, 0.05) is 43.2 Å². The Bertz CT molecular complexity index is 513. The maximum atomic E-state index is 8.86. The van der Waals surface area contributed by atoms with E-state index < -0.39 is 0 Å². The van der Waals surface area contributed by atoms with Crippen molar-refractivity contribution in [2.75, 3.05) is 30.8 Å². The molecule has 1 aromatic heterocycles. The minimum atomic E-state index is 0.209. The van der Waals surface area contributed by atoms with Gasteiger partial charge in [0.1, 0.15) is 0 Å². The minimum Gasteiger partial charge on any atom is -0.399 e. The Balaban J connectivity index is 2.40. The predicted octanol–water partition coefficient (Wildman–Crippen LogP) is 1.64. The first-order valence-electron chi connectivity index (χ1n) is 5.68. The van der Waals surface area contributed by atoms with Gasteiger partial charge in [0.15, 0.2) is 0 Å². The number of aliphatic hydroxyl groups excluding tert-OH is 1. The first kappa shape index (κ1) is 11.7. The third-order valence-corrected chi connectivity index (χ3v) is 2.81. The Kier molecular flexibility index (Phi) is 3.44. The molecule has 0 spiro atoms. The molecule has 0 aliphatic heterocycles. The van der Waals surface area contributed by atoms with E-state index in [9.17, 15) is 0 Å². The Morgan fingerprint density at radius 2 is 2.18 bits per heavy atom. The third-order valence-electron chi connectivity index (χ3n) is 2.81. The molecular formula is C13H17N3O. The highest BCUT2D eigenvalue weighted by Gasteiger charge is 2.06. The van der Waals surface area contributed by atoms with E-state index in [4.69, 9.17) is 10.8 Å². The fourth-order valence-electron chi connectivity index (χ4n) is 1.91. The van der Waals surface area contributed by atoms with Crippen LogP contribution in [-0.4, -0.2) is 30.3 Å². The Morgan fingerprint density at radius 1 is 1.35 bits per heavy atom. The van der Waals surface area contributed by atoms with Crippen molar-refractivity contribution in [3.05, 3.63) is 30.5 Å². The maximum absolute atomic E-state index is 8.86. The summed E-state index contributed by atoms with van der Waals surface area (Å²) in [5, 5.41) is 9.94. The molecule has 3 N–H and O–H groups in total. The number of nitrogen functional groups attached to an aromatic ring is 1. The number of hydrogen-bond acceptors (Lipinski definition) is 4. The van der Waals surface area contributed by atoms with E-state index in [2.05, 4.69) is 9.88 Å². The number of anilines is 2. The Hall–Kier alpha value is -1.81. The van der Waals surface area contributed by atoms with Gasteiger partial charge in [0.25, 0.3) is 0 Å². The van der Waals surface area contributed by atoms with E-state index in [1.165, 1.54) is 0 Å². The first-order chi connectivity index (χ1) is 8.22.